The number of rotatable bonds is 4. The van der Waals surface area contributed by atoms with Crippen LogP contribution in [0.2, 0.25) is 4.34 Å². The second-order valence-corrected chi connectivity index (χ2v) is 10.1. The molecule has 0 fully saturated rings. The minimum atomic E-state index is -3.68. The number of benzene rings is 1. The molecule has 0 saturated heterocycles. The molecule has 3 heterocycles. The summed E-state index contributed by atoms with van der Waals surface area (Å²) in [5.41, 5.74) is 2.99. The predicted octanol–water partition coefficient (Wildman–Crippen LogP) is 5.18. The zero-order chi connectivity index (χ0) is 18.3. The minimum absolute atomic E-state index is 0.177. The molecule has 0 saturated carbocycles. The first-order valence-electron chi connectivity index (χ1n) is 7.53. The summed E-state index contributed by atoms with van der Waals surface area (Å²) in [6, 6.07) is 12.4. The Hall–Kier alpha value is -2.00. The number of nitrogens with zero attached hydrogens (tertiary/aromatic N) is 2. The molecule has 1 aromatic carbocycles. The number of hydrogen-bond donors (Lipinski definition) is 1. The summed E-state index contributed by atoms with van der Waals surface area (Å²) in [4.78, 5) is 9.72. The van der Waals surface area contributed by atoms with Crippen LogP contribution in [-0.4, -0.2) is 18.4 Å². The van der Waals surface area contributed by atoms with Gasteiger partial charge in [-0.25, -0.2) is 18.4 Å². The maximum absolute atomic E-state index is 12.6. The number of nitrogens with one attached hydrogen (secondary N) is 1. The van der Waals surface area contributed by atoms with Gasteiger partial charge < -0.3 is 0 Å². The van der Waals surface area contributed by atoms with Gasteiger partial charge in [0.1, 0.15) is 19.6 Å². The van der Waals surface area contributed by atoms with Gasteiger partial charge in [0.15, 0.2) is 0 Å². The van der Waals surface area contributed by atoms with Crippen LogP contribution in [0.4, 0.5) is 5.69 Å². The maximum atomic E-state index is 12.6. The average molecular weight is 422 g/mol. The number of aryl methyl sites for hydroxylation is 1. The number of thiazole rings is 1. The van der Waals surface area contributed by atoms with Gasteiger partial charge in [-0.05, 0) is 42.8 Å². The van der Waals surface area contributed by atoms with Crippen molar-refractivity contribution in [1.29, 1.82) is 0 Å². The van der Waals surface area contributed by atoms with Gasteiger partial charge in [0.2, 0.25) is 0 Å². The van der Waals surface area contributed by atoms with Crippen LogP contribution in [0, 0.1) is 6.92 Å². The summed E-state index contributed by atoms with van der Waals surface area (Å²) in [7, 11) is -3.68. The summed E-state index contributed by atoms with van der Waals surface area (Å²) in [6.07, 6.45) is 1.73. The van der Waals surface area contributed by atoms with Crippen molar-refractivity contribution in [2.24, 2.45) is 0 Å². The Bertz CT molecular complexity index is 1180. The zero-order valence-corrected chi connectivity index (χ0v) is 16.6. The summed E-state index contributed by atoms with van der Waals surface area (Å²) < 4.78 is 28.4. The van der Waals surface area contributed by atoms with Crippen LogP contribution in [0.3, 0.4) is 0 Å². The average Bonchev–Trinajstić information content (AvgIpc) is 3.23. The van der Waals surface area contributed by atoms with Gasteiger partial charge in [-0.2, -0.15) is 0 Å². The van der Waals surface area contributed by atoms with E-state index in [0.717, 1.165) is 37.8 Å². The van der Waals surface area contributed by atoms with Crippen LogP contribution in [0.25, 0.3) is 20.9 Å². The van der Waals surface area contributed by atoms with Crippen LogP contribution >= 0.6 is 34.3 Å². The smallest absolute Gasteiger partial charge is 0.271 e. The van der Waals surface area contributed by atoms with E-state index in [9.17, 15) is 8.42 Å². The Labute approximate surface area is 163 Å². The molecule has 132 valence electrons. The lowest BCUT2D eigenvalue weighted by Crippen LogP contribution is -2.12. The summed E-state index contributed by atoms with van der Waals surface area (Å²) >= 11 is 8.35. The molecule has 3 aromatic heterocycles. The maximum Gasteiger partial charge on any atom is 0.271 e. The third-order valence-corrected chi connectivity index (χ3v) is 7.83. The standard InChI is InChI=1S/C17H12ClN3O2S3/c1-10-4-5-11(16-20-12-3-2-8-19-17(12)25-16)9-13(10)21-26(22,23)15-7-6-14(18)24-15/h2-9,21H,1H3. The van der Waals surface area contributed by atoms with E-state index < -0.39 is 10.0 Å². The van der Waals surface area contributed by atoms with Crippen molar-refractivity contribution in [3.05, 3.63) is 58.6 Å². The van der Waals surface area contributed by atoms with Crippen molar-refractivity contribution in [2.75, 3.05) is 4.72 Å². The molecule has 4 rings (SSSR count). The van der Waals surface area contributed by atoms with E-state index in [0.29, 0.717) is 10.0 Å². The summed E-state index contributed by atoms with van der Waals surface area (Å²) in [6.45, 7) is 1.85. The highest BCUT2D eigenvalue weighted by Crippen LogP contribution is 2.33. The number of halogens is 1. The number of thiophene rings is 1. The molecule has 9 heteroatoms. The van der Waals surface area contributed by atoms with Crippen LogP contribution in [0.15, 0.2) is 52.9 Å². The molecule has 0 aliphatic rings. The number of hydrogen-bond acceptors (Lipinski definition) is 6. The second-order valence-electron chi connectivity index (χ2n) is 5.54. The Morgan fingerprint density at radius 3 is 2.69 bits per heavy atom. The van der Waals surface area contributed by atoms with E-state index in [1.54, 1.807) is 18.3 Å². The Morgan fingerprint density at radius 1 is 1.12 bits per heavy atom. The topological polar surface area (TPSA) is 72.0 Å². The van der Waals surface area contributed by atoms with Crippen LogP contribution < -0.4 is 4.72 Å². The summed E-state index contributed by atoms with van der Waals surface area (Å²) in [5, 5.41) is 0.790. The molecule has 0 bridgehead atoms. The lowest BCUT2D eigenvalue weighted by Gasteiger charge is -2.10. The largest absolute Gasteiger partial charge is 0.279 e. The van der Waals surface area contributed by atoms with Crippen molar-refractivity contribution in [3.8, 4) is 10.6 Å². The molecule has 0 aliphatic carbocycles. The molecule has 1 N–H and O–H groups in total. The van der Waals surface area contributed by atoms with E-state index in [-0.39, 0.29) is 4.21 Å². The lowest BCUT2D eigenvalue weighted by molar-refractivity contribution is 0.603. The van der Waals surface area contributed by atoms with Gasteiger partial charge in [-0.3, -0.25) is 4.72 Å². The predicted molar refractivity (Wildman–Crippen MR) is 108 cm³/mol. The molecule has 0 radical (unpaired) electrons. The molecule has 0 atom stereocenters. The first-order valence-corrected chi connectivity index (χ1v) is 11.0. The van der Waals surface area contributed by atoms with Crippen molar-refractivity contribution < 1.29 is 8.42 Å². The van der Waals surface area contributed by atoms with E-state index in [1.807, 2.05) is 31.2 Å². The van der Waals surface area contributed by atoms with E-state index >= 15 is 0 Å². The number of pyridine rings is 1. The molecule has 0 aliphatic heterocycles. The Morgan fingerprint density at radius 2 is 1.96 bits per heavy atom. The molecule has 4 aromatic rings. The Balaban J connectivity index is 1.72. The first-order chi connectivity index (χ1) is 12.4. The van der Waals surface area contributed by atoms with Crippen LogP contribution in [0.5, 0.6) is 0 Å². The van der Waals surface area contributed by atoms with E-state index in [4.69, 9.17) is 11.6 Å². The summed E-state index contributed by atoms with van der Waals surface area (Å²) in [5.74, 6) is 0. The second kappa shape index (κ2) is 6.62. The third kappa shape index (κ3) is 3.33. The molecule has 26 heavy (non-hydrogen) atoms. The fourth-order valence-electron chi connectivity index (χ4n) is 2.40. The molecular formula is C17H12ClN3O2S3. The first kappa shape index (κ1) is 17.4. The normalized spacial score (nSPS) is 11.8. The minimum Gasteiger partial charge on any atom is -0.279 e. The van der Waals surface area contributed by atoms with Gasteiger partial charge in [-0.15, -0.1) is 11.3 Å². The van der Waals surface area contributed by atoms with Crippen LogP contribution in [-0.2, 0) is 10.0 Å². The molecule has 0 amide bonds. The van der Waals surface area contributed by atoms with Gasteiger partial charge in [0, 0.05) is 11.8 Å². The zero-order valence-electron chi connectivity index (χ0n) is 13.4. The number of anilines is 1. The van der Waals surface area contributed by atoms with Crippen molar-refractivity contribution >= 4 is 60.3 Å². The van der Waals surface area contributed by atoms with Crippen molar-refractivity contribution in [1.82, 2.24) is 9.97 Å². The van der Waals surface area contributed by atoms with E-state index in [1.165, 1.54) is 17.4 Å². The van der Waals surface area contributed by atoms with Gasteiger partial charge in [0.05, 0.1) is 10.0 Å². The fourth-order valence-corrected chi connectivity index (χ4v) is 5.90. The van der Waals surface area contributed by atoms with E-state index in [2.05, 4.69) is 14.7 Å². The number of sulfonamides is 1. The lowest BCUT2D eigenvalue weighted by atomic mass is 10.1. The molecule has 0 spiro atoms. The SMILES string of the molecule is Cc1ccc(-c2nc3cccnc3s2)cc1NS(=O)(=O)c1ccc(Cl)s1. The molecular weight excluding hydrogens is 410 g/mol. The highest BCUT2D eigenvalue weighted by Gasteiger charge is 2.18. The van der Waals surface area contributed by atoms with Crippen LogP contribution in [0.1, 0.15) is 5.56 Å². The van der Waals surface area contributed by atoms with Crippen molar-refractivity contribution in [2.45, 2.75) is 11.1 Å². The number of aromatic nitrogens is 2. The number of fused-ring (bicyclic) bond motifs is 1. The monoisotopic (exact) mass is 421 g/mol. The molecule has 5 nitrogen and oxygen atoms in total. The van der Waals surface area contributed by atoms with Gasteiger partial charge in [0.25, 0.3) is 10.0 Å². The van der Waals surface area contributed by atoms with Gasteiger partial charge >= 0.3 is 0 Å². The quantitative estimate of drug-likeness (QED) is 0.492. The molecule has 0 unspecified atom stereocenters. The van der Waals surface area contributed by atoms with Gasteiger partial charge in [-0.1, -0.05) is 35.1 Å². The highest BCUT2D eigenvalue weighted by atomic mass is 35.5. The highest BCUT2D eigenvalue weighted by molar-refractivity contribution is 7.94. The van der Waals surface area contributed by atoms with Crippen molar-refractivity contribution in [3.63, 3.8) is 0 Å². The third-order valence-electron chi connectivity index (χ3n) is 3.71. The fraction of sp³-hybridized carbons (Fsp3) is 0.0588. The Kier molecular flexibility index (Phi) is 4.44.